The van der Waals surface area contributed by atoms with E-state index in [1.807, 2.05) is 14.0 Å². The minimum atomic E-state index is 0.326. The fraction of sp³-hybridized carbons (Fsp3) is 0.903. The summed E-state index contributed by atoms with van der Waals surface area (Å²) < 4.78 is 0. The number of aromatic nitrogens is 3. The summed E-state index contributed by atoms with van der Waals surface area (Å²) in [6.45, 7) is 23.6. The number of rotatable bonds is 11. The molecule has 2 aliphatic rings. The number of nitrogens with one attached hydrogen (secondary N) is 2. The molecule has 0 amide bonds. The lowest BCUT2D eigenvalue weighted by Crippen LogP contribution is -2.47. The molecule has 6 heteroatoms. The van der Waals surface area contributed by atoms with Crippen molar-refractivity contribution >= 4 is 11.9 Å². The van der Waals surface area contributed by atoms with Crippen LogP contribution in [0.3, 0.4) is 0 Å². The molecule has 0 radical (unpaired) electrons. The molecular formula is C31H58N6. The molecule has 0 atom stereocenters. The number of unbranched alkanes of at least 4 members (excludes halogenated alkanes) is 3. The van der Waals surface area contributed by atoms with Crippen molar-refractivity contribution in [1.82, 2.24) is 20.3 Å². The van der Waals surface area contributed by atoms with Crippen molar-refractivity contribution in [3.8, 4) is 0 Å². The van der Waals surface area contributed by atoms with Crippen molar-refractivity contribution < 1.29 is 0 Å². The van der Waals surface area contributed by atoms with Crippen molar-refractivity contribution in [3.05, 3.63) is 5.82 Å². The molecule has 2 fully saturated rings. The van der Waals surface area contributed by atoms with E-state index in [4.69, 9.17) is 9.97 Å². The molecule has 1 aromatic heterocycles. The van der Waals surface area contributed by atoms with Crippen LogP contribution in [-0.4, -0.2) is 47.2 Å². The van der Waals surface area contributed by atoms with Crippen LogP contribution in [0.2, 0.25) is 0 Å². The van der Waals surface area contributed by atoms with Crippen molar-refractivity contribution in [2.45, 2.75) is 139 Å². The molecule has 2 aliphatic carbocycles. The van der Waals surface area contributed by atoms with Crippen LogP contribution in [0.25, 0.3) is 0 Å². The van der Waals surface area contributed by atoms with E-state index < -0.39 is 0 Å². The minimum absolute atomic E-state index is 0.326. The van der Waals surface area contributed by atoms with Gasteiger partial charge in [0.05, 0.1) is 0 Å². The molecule has 6 nitrogen and oxygen atoms in total. The van der Waals surface area contributed by atoms with Crippen LogP contribution in [-0.2, 0) is 0 Å². The number of hydrogen-bond acceptors (Lipinski definition) is 6. The highest BCUT2D eigenvalue weighted by atomic mass is 15.3. The van der Waals surface area contributed by atoms with Crippen LogP contribution in [0.4, 0.5) is 11.9 Å². The lowest BCUT2D eigenvalue weighted by atomic mass is 9.63. The highest BCUT2D eigenvalue weighted by Crippen LogP contribution is 2.48. The maximum absolute atomic E-state index is 4.81. The Balaban J connectivity index is 1.55. The van der Waals surface area contributed by atoms with Crippen molar-refractivity contribution in [3.63, 3.8) is 0 Å². The quantitative estimate of drug-likeness (QED) is 0.300. The maximum Gasteiger partial charge on any atom is 0.230 e. The molecule has 0 aliphatic heterocycles. The summed E-state index contributed by atoms with van der Waals surface area (Å²) in [5, 5.41) is 7.03. The first kappa shape index (κ1) is 30.1. The zero-order chi connectivity index (χ0) is 27.5. The van der Waals surface area contributed by atoms with Crippen LogP contribution in [0.15, 0.2) is 0 Å². The van der Waals surface area contributed by atoms with Gasteiger partial charge in [0.1, 0.15) is 5.82 Å². The Bertz CT molecular complexity index is 842. The maximum atomic E-state index is 4.81. The van der Waals surface area contributed by atoms with E-state index in [2.05, 4.69) is 75.9 Å². The Labute approximate surface area is 228 Å². The van der Waals surface area contributed by atoms with Crippen molar-refractivity contribution in [1.29, 1.82) is 0 Å². The first-order chi connectivity index (χ1) is 17.1. The average molecular weight is 515 g/mol. The van der Waals surface area contributed by atoms with E-state index in [0.29, 0.717) is 39.7 Å². The summed E-state index contributed by atoms with van der Waals surface area (Å²) in [6.07, 6.45) is 12.6. The van der Waals surface area contributed by atoms with Gasteiger partial charge in [0, 0.05) is 25.7 Å². The van der Waals surface area contributed by atoms with E-state index >= 15 is 0 Å². The van der Waals surface area contributed by atoms with Gasteiger partial charge >= 0.3 is 0 Å². The van der Waals surface area contributed by atoms with E-state index in [-0.39, 0.29) is 0 Å². The zero-order valence-corrected chi connectivity index (χ0v) is 25.9. The third kappa shape index (κ3) is 9.37. The lowest BCUT2D eigenvalue weighted by molar-refractivity contribution is 0.0850. The van der Waals surface area contributed by atoms with Crippen LogP contribution in [0, 0.1) is 28.6 Å². The number of anilines is 2. The second-order valence-electron chi connectivity index (χ2n) is 15.5. The standard InChI is InChI=1S/C31H58N6/c1-23-34-26(32-10)36-27(35-23)37(25-19-30(6,7)22-31(8,9)20-25)16-14-12-11-13-15-33-24-17-28(2,3)21-29(4,5)18-24/h24-25,33H,11-22H2,1-10H3,(H,32,34,35,36). The van der Waals surface area contributed by atoms with Gasteiger partial charge in [-0.2, -0.15) is 15.0 Å². The third-order valence-electron chi connectivity index (χ3n) is 8.50. The molecule has 2 N–H and O–H groups in total. The lowest BCUT2D eigenvalue weighted by Gasteiger charge is -2.48. The van der Waals surface area contributed by atoms with Gasteiger partial charge in [-0.1, -0.05) is 68.2 Å². The second kappa shape index (κ2) is 11.8. The van der Waals surface area contributed by atoms with E-state index in [1.54, 1.807) is 0 Å². The fourth-order valence-electron chi connectivity index (χ4n) is 8.22. The average Bonchev–Trinajstić information content (AvgIpc) is 2.70. The smallest absolute Gasteiger partial charge is 0.230 e. The largest absolute Gasteiger partial charge is 0.357 e. The Morgan fingerprint density at radius 3 is 1.84 bits per heavy atom. The number of aryl methyl sites for hydroxylation is 1. The molecule has 0 aromatic carbocycles. The summed E-state index contributed by atoms with van der Waals surface area (Å²) in [5.41, 5.74) is 1.55. The zero-order valence-electron chi connectivity index (χ0n) is 25.9. The number of hydrogen-bond donors (Lipinski definition) is 2. The van der Waals surface area contributed by atoms with E-state index in [1.165, 1.54) is 64.2 Å². The predicted molar refractivity (Wildman–Crippen MR) is 158 cm³/mol. The summed E-state index contributed by atoms with van der Waals surface area (Å²) in [4.78, 5) is 16.6. The molecule has 3 rings (SSSR count). The summed E-state index contributed by atoms with van der Waals surface area (Å²) in [6, 6.07) is 1.13. The van der Waals surface area contributed by atoms with Crippen molar-refractivity contribution in [2.24, 2.45) is 21.7 Å². The Morgan fingerprint density at radius 1 is 0.730 bits per heavy atom. The van der Waals surface area contributed by atoms with Crippen LogP contribution in [0.1, 0.15) is 125 Å². The third-order valence-corrected chi connectivity index (χ3v) is 8.50. The summed E-state index contributed by atoms with van der Waals surface area (Å²) >= 11 is 0. The summed E-state index contributed by atoms with van der Waals surface area (Å²) in [7, 11) is 1.89. The highest BCUT2D eigenvalue weighted by molar-refractivity contribution is 5.38. The Kier molecular flexibility index (Phi) is 9.57. The van der Waals surface area contributed by atoms with Gasteiger partial charge in [-0.15, -0.1) is 0 Å². The monoisotopic (exact) mass is 514 g/mol. The van der Waals surface area contributed by atoms with Gasteiger partial charge in [0.2, 0.25) is 11.9 Å². The van der Waals surface area contributed by atoms with Crippen LogP contribution >= 0.6 is 0 Å². The fourth-order valence-corrected chi connectivity index (χ4v) is 8.22. The summed E-state index contributed by atoms with van der Waals surface area (Å²) in [5.74, 6) is 2.30. The Hall–Kier alpha value is -1.43. The van der Waals surface area contributed by atoms with E-state index in [9.17, 15) is 0 Å². The molecule has 2 saturated carbocycles. The topological polar surface area (TPSA) is 66.0 Å². The molecule has 0 bridgehead atoms. The van der Waals surface area contributed by atoms with Gasteiger partial charge in [-0.25, -0.2) is 0 Å². The number of nitrogens with zero attached hydrogens (tertiary/aromatic N) is 4. The molecule has 1 aromatic rings. The minimum Gasteiger partial charge on any atom is -0.357 e. The normalized spacial score (nSPS) is 23.1. The van der Waals surface area contributed by atoms with Gasteiger partial charge in [0.15, 0.2) is 0 Å². The van der Waals surface area contributed by atoms with Crippen LogP contribution < -0.4 is 15.5 Å². The first-order valence-corrected chi connectivity index (χ1v) is 15.0. The predicted octanol–water partition coefficient (Wildman–Crippen LogP) is 7.39. The van der Waals surface area contributed by atoms with Gasteiger partial charge in [0.25, 0.3) is 0 Å². The van der Waals surface area contributed by atoms with Gasteiger partial charge in [-0.05, 0) is 86.5 Å². The van der Waals surface area contributed by atoms with Crippen LogP contribution in [0.5, 0.6) is 0 Å². The molecule has 37 heavy (non-hydrogen) atoms. The SMILES string of the molecule is CNc1nc(C)nc(N(CCCCCCNC2CC(C)(C)CC(C)(C)C2)C2CC(C)(C)CC(C)(C)C2)n1. The molecule has 0 saturated heterocycles. The van der Waals surface area contributed by atoms with E-state index in [0.717, 1.165) is 24.9 Å². The Morgan fingerprint density at radius 2 is 1.27 bits per heavy atom. The first-order valence-electron chi connectivity index (χ1n) is 15.0. The van der Waals surface area contributed by atoms with Gasteiger partial charge < -0.3 is 15.5 Å². The van der Waals surface area contributed by atoms with Crippen molar-refractivity contribution in [2.75, 3.05) is 30.4 Å². The molecule has 0 unspecified atom stereocenters. The molecule has 212 valence electrons. The second-order valence-corrected chi connectivity index (χ2v) is 15.5. The van der Waals surface area contributed by atoms with Gasteiger partial charge in [-0.3, -0.25) is 0 Å². The molecule has 1 heterocycles. The molecule has 0 spiro atoms. The molecular weight excluding hydrogens is 456 g/mol. The highest BCUT2D eigenvalue weighted by Gasteiger charge is 2.41.